The molecule has 0 N–H and O–H groups in total. The van der Waals surface area contributed by atoms with Gasteiger partial charge in [0.1, 0.15) is 0 Å². The van der Waals surface area contributed by atoms with Crippen molar-refractivity contribution < 1.29 is 4.79 Å². The van der Waals surface area contributed by atoms with Crippen LogP contribution in [-0.2, 0) is 4.79 Å². The third-order valence-electron chi connectivity index (χ3n) is 1.10. The van der Waals surface area contributed by atoms with Gasteiger partial charge in [-0.05, 0) is 19.4 Å². The lowest BCUT2D eigenvalue weighted by atomic mass is 10.0. The maximum atomic E-state index is 10.6. The SMILES string of the molecule is [CH2]C(CC)C(=O)C=C. The molecule has 1 nitrogen and oxygen atoms in total. The number of ketones is 1. The molecule has 1 radical (unpaired) electrons. The Morgan fingerprint density at radius 3 is 2.50 bits per heavy atom. The van der Waals surface area contributed by atoms with E-state index in [4.69, 9.17) is 0 Å². The van der Waals surface area contributed by atoms with Gasteiger partial charge in [0.05, 0.1) is 0 Å². The molecule has 8 heavy (non-hydrogen) atoms. The lowest BCUT2D eigenvalue weighted by molar-refractivity contribution is -0.117. The van der Waals surface area contributed by atoms with Crippen molar-refractivity contribution in [1.82, 2.24) is 0 Å². The average molecular weight is 111 g/mol. The van der Waals surface area contributed by atoms with Gasteiger partial charge in [-0.15, -0.1) is 0 Å². The predicted molar refractivity (Wildman–Crippen MR) is 34.3 cm³/mol. The van der Waals surface area contributed by atoms with Gasteiger partial charge in [0.15, 0.2) is 5.78 Å². The first-order valence-electron chi connectivity index (χ1n) is 2.71. The molecule has 0 saturated carbocycles. The minimum atomic E-state index is -0.0903. The Hall–Kier alpha value is -0.590. The second-order valence-corrected chi connectivity index (χ2v) is 1.71. The van der Waals surface area contributed by atoms with Crippen LogP contribution >= 0.6 is 0 Å². The van der Waals surface area contributed by atoms with Gasteiger partial charge in [-0.25, -0.2) is 0 Å². The summed E-state index contributed by atoms with van der Waals surface area (Å²) in [5.74, 6) is -0.0556. The zero-order chi connectivity index (χ0) is 6.57. The van der Waals surface area contributed by atoms with Crippen LogP contribution in [0.4, 0.5) is 0 Å². The van der Waals surface area contributed by atoms with Crippen LogP contribution in [0.15, 0.2) is 12.7 Å². The summed E-state index contributed by atoms with van der Waals surface area (Å²) in [5, 5.41) is 0. The van der Waals surface area contributed by atoms with E-state index in [0.717, 1.165) is 6.42 Å². The summed E-state index contributed by atoms with van der Waals surface area (Å²) in [5.41, 5.74) is 0. The zero-order valence-corrected chi connectivity index (χ0v) is 5.18. The van der Waals surface area contributed by atoms with Crippen molar-refractivity contribution in [2.75, 3.05) is 0 Å². The smallest absolute Gasteiger partial charge is 0.158 e. The third kappa shape index (κ3) is 1.92. The summed E-state index contributed by atoms with van der Waals surface area (Å²) >= 11 is 0. The number of carbonyl (C=O) groups excluding carboxylic acids is 1. The molecule has 0 heterocycles. The van der Waals surface area contributed by atoms with Crippen molar-refractivity contribution in [2.45, 2.75) is 13.3 Å². The molecule has 1 atom stereocenters. The minimum absolute atomic E-state index is 0.0347. The molecule has 0 aromatic carbocycles. The number of hydrogen-bond acceptors (Lipinski definition) is 1. The first-order chi connectivity index (χ1) is 3.72. The fourth-order valence-corrected chi connectivity index (χ4v) is 0.368. The Bertz CT molecular complexity index is 94.6. The number of allylic oxidation sites excluding steroid dienone is 1. The molecule has 0 aromatic rings. The maximum Gasteiger partial charge on any atom is 0.158 e. The molecule has 45 valence electrons. The van der Waals surface area contributed by atoms with E-state index in [1.165, 1.54) is 6.08 Å². The summed E-state index contributed by atoms with van der Waals surface area (Å²) in [7, 11) is 0. The van der Waals surface area contributed by atoms with Crippen molar-refractivity contribution in [3.8, 4) is 0 Å². The molecule has 0 rings (SSSR count). The van der Waals surface area contributed by atoms with Gasteiger partial charge in [-0.2, -0.15) is 0 Å². The van der Waals surface area contributed by atoms with E-state index >= 15 is 0 Å². The molecule has 0 fully saturated rings. The fourth-order valence-electron chi connectivity index (χ4n) is 0.368. The Morgan fingerprint density at radius 2 is 2.38 bits per heavy atom. The van der Waals surface area contributed by atoms with E-state index in [1.807, 2.05) is 6.92 Å². The van der Waals surface area contributed by atoms with Crippen LogP contribution in [0, 0.1) is 12.8 Å². The standard InChI is InChI=1S/C7H11O/c1-4-6(3)7(8)5-2/h5-6H,2-4H2,1H3. The molecular formula is C7H11O. The Kier molecular flexibility index (Phi) is 3.16. The van der Waals surface area contributed by atoms with E-state index in [9.17, 15) is 4.79 Å². The molecule has 0 amide bonds. The Balaban J connectivity index is 3.62. The van der Waals surface area contributed by atoms with Gasteiger partial charge < -0.3 is 0 Å². The van der Waals surface area contributed by atoms with Crippen LogP contribution < -0.4 is 0 Å². The summed E-state index contributed by atoms with van der Waals surface area (Å²) in [6.45, 7) is 8.88. The quantitative estimate of drug-likeness (QED) is 0.505. The monoisotopic (exact) mass is 111 g/mol. The van der Waals surface area contributed by atoms with Crippen LogP contribution in [-0.4, -0.2) is 5.78 Å². The first kappa shape index (κ1) is 7.41. The van der Waals surface area contributed by atoms with Gasteiger partial charge in [-0.3, -0.25) is 4.79 Å². The van der Waals surface area contributed by atoms with E-state index in [2.05, 4.69) is 13.5 Å². The largest absolute Gasteiger partial charge is 0.295 e. The molecule has 1 heteroatoms. The molecule has 1 unspecified atom stereocenters. The van der Waals surface area contributed by atoms with E-state index in [-0.39, 0.29) is 11.7 Å². The summed E-state index contributed by atoms with van der Waals surface area (Å²) < 4.78 is 0. The van der Waals surface area contributed by atoms with Crippen LogP contribution in [0.25, 0.3) is 0 Å². The molecule has 0 bridgehead atoms. The van der Waals surface area contributed by atoms with Crippen molar-refractivity contribution in [3.05, 3.63) is 19.6 Å². The highest BCUT2D eigenvalue weighted by atomic mass is 16.1. The van der Waals surface area contributed by atoms with Crippen LogP contribution in [0.3, 0.4) is 0 Å². The van der Waals surface area contributed by atoms with E-state index in [0.29, 0.717) is 0 Å². The first-order valence-corrected chi connectivity index (χ1v) is 2.71. The molecule has 0 aromatic heterocycles. The number of rotatable bonds is 3. The van der Waals surface area contributed by atoms with Crippen molar-refractivity contribution >= 4 is 5.78 Å². The second-order valence-electron chi connectivity index (χ2n) is 1.71. The number of carbonyl (C=O) groups is 1. The van der Waals surface area contributed by atoms with Gasteiger partial charge in [0.2, 0.25) is 0 Å². The average Bonchev–Trinajstić information content (AvgIpc) is 1.84. The topological polar surface area (TPSA) is 17.1 Å². The second kappa shape index (κ2) is 3.42. The Labute approximate surface area is 50.4 Å². The molecular weight excluding hydrogens is 100 g/mol. The number of hydrogen-bond donors (Lipinski definition) is 0. The zero-order valence-electron chi connectivity index (χ0n) is 5.18. The van der Waals surface area contributed by atoms with Gasteiger partial charge in [0, 0.05) is 5.92 Å². The summed E-state index contributed by atoms with van der Waals surface area (Å²) in [6, 6.07) is 0. The highest BCUT2D eigenvalue weighted by Gasteiger charge is 2.03. The van der Waals surface area contributed by atoms with Gasteiger partial charge in [-0.1, -0.05) is 13.5 Å². The minimum Gasteiger partial charge on any atom is -0.295 e. The van der Waals surface area contributed by atoms with E-state index < -0.39 is 0 Å². The molecule has 0 aliphatic heterocycles. The van der Waals surface area contributed by atoms with Gasteiger partial charge >= 0.3 is 0 Å². The van der Waals surface area contributed by atoms with Crippen LogP contribution in [0.1, 0.15) is 13.3 Å². The van der Waals surface area contributed by atoms with Crippen molar-refractivity contribution in [3.63, 3.8) is 0 Å². The Morgan fingerprint density at radius 1 is 1.88 bits per heavy atom. The third-order valence-corrected chi connectivity index (χ3v) is 1.10. The predicted octanol–water partition coefficient (Wildman–Crippen LogP) is 1.60. The highest BCUT2D eigenvalue weighted by Crippen LogP contribution is 2.00. The van der Waals surface area contributed by atoms with Crippen molar-refractivity contribution in [2.24, 2.45) is 5.92 Å². The highest BCUT2D eigenvalue weighted by molar-refractivity contribution is 5.91. The van der Waals surface area contributed by atoms with Crippen molar-refractivity contribution in [1.29, 1.82) is 0 Å². The normalized spacial score (nSPS) is 12.8. The van der Waals surface area contributed by atoms with Crippen LogP contribution in [0.2, 0.25) is 0 Å². The molecule has 0 aliphatic rings. The molecule has 0 spiro atoms. The fraction of sp³-hybridized carbons (Fsp3) is 0.429. The summed E-state index contributed by atoms with van der Waals surface area (Å²) in [4.78, 5) is 10.6. The molecule has 0 saturated heterocycles. The van der Waals surface area contributed by atoms with Crippen LogP contribution in [0.5, 0.6) is 0 Å². The molecule has 0 aliphatic carbocycles. The lowest BCUT2D eigenvalue weighted by Gasteiger charge is -1.99. The lowest BCUT2D eigenvalue weighted by Crippen LogP contribution is -2.05. The van der Waals surface area contributed by atoms with Gasteiger partial charge in [0.25, 0.3) is 0 Å². The van der Waals surface area contributed by atoms with E-state index in [1.54, 1.807) is 0 Å². The maximum absolute atomic E-state index is 10.6. The summed E-state index contributed by atoms with van der Waals surface area (Å²) in [6.07, 6.45) is 2.12.